The first-order valence-corrected chi connectivity index (χ1v) is 7.75. The Kier molecular flexibility index (Phi) is 4.82. The summed E-state index contributed by atoms with van der Waals surface area (Å²) in [5.74, 6) is 0.0361. The van der Waals surface area contributed by atoms with Crippen LogP contribution in [0.15, 0.2) is 6.07 Å². The number of nitrogens with two attached hydrogens (primary N) is 1. The van der Waals surface area contributed by atoms with Crippen LogP contribution in [0.1, 0.15) is 43.7 Å². The second kappa shape index (κ2) is 6.01. The lowest BCUT2D eigenvalue weighted by molar-refractivity contribution is 0.198. The molecule has 0 saturated carbocycles. The number of hydrogen-bond acceptors (Lipinski definition) is 4. The molecule has 24 heavy (non-hydrogen) atoms. The minimum absolute atomic E-state index is 0.0652. The summed E-state index contributed by atoms with van der Waals surface area (Å²) in [5, 5.41) is 10.7. The molecular formula is C15H19B5N2O2. The first-order valence-electron chi connectivity index (χ1n) is 7.75. The van der Waals surface area contributed by atoms with Crippen molar-refractivity contribution < 1.29 is 9.84 Å². The van der Waals surface area contributed by atoms with Gasteiger partial charge in [-0.15, -0.1) is 0 Å². The number of piperidine rings is 1. The van der Waals surface area contributed by atoms with Gasteiger partial charge in [0.1, 0.15) is 25.0 Å². The van der Waals surface area contributed by atoms with Gasteiger partial charge in [0.05, 0.1) is 36.9 Å². The smallest absolute Gasteiger partial charge is 0.145 e. The Hall–Kier alpha value is -1.10. The number of rotatable bonds is 3. The highest BCUT2D eigenvalue weighted by Gasteiger charge is 2.38. The molecule has 4 N–H and O–H groups in total. The number of nitrogens with one attached hydrogen (secondary N) is 1. The molecule has 1 aromatic carbocycles. The maximum atomic E-state index is 10.4. The van der Waals surface area contributed by atoms with Gasteiger partial charge in [-0.05, 0) is 56.7 Å². The minimum Gasteiger partial charge on any atom is -0.505 e. The van der Waals surface area contributed by atoms with Crippen molar-refractivity contribution in [1.29, 1.82) is 0 Å². The highest BCUT2D eigenvalue weighted by atomic mass is 16.5. The first kappa shape index (κ1) is 19.2. The van der Waals surface area contributed by atoms with E-state index >= 15 is 0 Å². The van der Waals surface area contributed by atoms with Crippen LogP contribution in [0.5, 0.6) is 11.5 Å². The van der Waals surface area contributed by atoms with Gasteiger partial charge >= 0.3 is 0 Å². The van der Waals surface area contributed by atoms with Crippen molar-refractivity contribution in [2.75, 3.05) is 5.73 Å². The van der Waals surface area contributed by atoms with Crippen molar-refractivity contribution in [3.63, 3.8) is 0 Å². The van der Waals surface area contributed by atoms with Gasteiger partial charge in [0.2, 0.25) is 0 Å². The normalized spacial score (nSPS) is 20.6. The number of aromatic hydroxyl groups is 1. The monoisotopic (exact) mass is 314 g/mol. The quantitative estimate of drug-likeness (QED) is 0.418. The molecule has 0 aromatic heterocycles. The number of ether oxygens (including phenoxy) is 1. The fourth-order valence-corrected chi connectivity index (χ4v) is 3.22. The lowest BCUT2D eigenvalue weighted by Crippen LogP contribution is -2.64. The van der Waals surface area contributed by atoms with Gasteiger partial charge in [-0.3, -0.25) is 0 Å². The molecule has 2 rings (SSSR count). The molecule has 1 saturated heterocycles. The Morgan fingerprint density at radius 1 is 1.25 bits per heavy atom. The van der Waals surface area contributed by atoms with Crippen molar-refractivity contribution in [2.24, 2.45) is 0 Å². The standard InChI is InChI=1S/C15H19B5N2O2/c1-7-9(8-5-14(17,18)22-15(19,20)6-8)4-10(11(21)12(7)23)24-13(2,3)16/h4,8,22-23H,5-6,21H2,1-3H3. The van der Waals surface area contributed by atoms with Crippen LogP contribution in [0.25, 0.3) is 0 Å². The first-order chi connectivity index (χ1) is 10.7. The molecule has 10 radical (unpaired) electrons. The van der Waals surface area contributed by atoms with E-state index in [1.54, 1.807) is 26.8 Å². The zero-order valence-electron chi connectivity index (χ0n) is 14.4. The van der Waals surface area contributed by atoms with Gasteiger partial charge < -0.3 is 20.9 Å². The Morgan fingerprint density at radius 2 is 1.75 bits per heavy atom. The number of phenolic OH excluding ortho intramolecular Hbond substituents is 1. The maximum absolute atomic E-state index is 10.4. The zero-order chi connectivity index (χ0) is 18.5. The van der Waals surface area contributed by atoms with E-state index in [1.807, 2.05) is 0 Å². The number of anilines is 1. The molecule has 0 amide bonds. The summed E-state index contributed by atoms with van der Waals surface area (Å²) in [7, 11) is 29.9. The van der Waals surface area contributed by atoms with E-state index in [-0.39, 0.29) is 17.4 Å². The molecule has 1 fully saturated rings. The van der Waals surface area contributed by atoms with Crippen molar-refractivity contribution >= 4 is 44.9 Å². The van der Waals surface area contributed by atoms with Crippen LogP contribution < -0.4 is 15.8 Å². The van der Waals surface area contributed by atoms with Crippen LogP contribution in [0.3, 0.4) is 0 Å². The summed E-state index contributed by atoms with van der Waals surface area (Å²) in [5.41, 5.74) is 6.49. The Morgan fingerprint density at radius 3 is 2.21 bits per heavy atom. The zero-order valence-corrected chi connectivity index (χ0v) is 14.4. The molecule has 0 unspecified atom stereocenters. The van der Waals surface area contributed by atoms with E-state index in [1.165, 1.54) is 0 Å². The summed E-state index contributed by atoms with van der Waals surface area (Å²) in [6.45, 7) is 5.12. The molecule has 1 heterocycles. The van der Waals surface area contributed by atoms with E-state index in [0.29, 0.717) is 24.2 Å². The van der Waals surface area contributed by atoms with Crippen LogP contribution in [0.2, 0.25) is 0 Å². The van der Waals surface area contributed by atoms with Crippen molar-refractivity contribution in [1.82, 2.24) is 5.32 Å². The summed E-state index contributed by atoms with van der Waals surface area (Å²) < 4.78 is 5.66. The molecule has 116 valence electrons. The predicted molar refractivity (Wildman–Crippen MR) is 101 cm³/mol. The molecule has 1 aromatic rings. The van der Waals surface area contributed by atoms with Gasteiger partial charge in [-0.1, -0.05) is 10.7 Å². The van der Waals surface area contributed by atoms with Gasteiger partial charge in [-0.2, -0.15) is 0 Å². The molecule has 1 aliphatic heterocycles. The molecule has 0 bridgehead atoms. The highest BCUT2D eigenvalue weighted by Crippen LogP contribution is 2.44. The number of nitrogen functional groups attached to an aromatic ring is 1. The largest absolute Gasteiger partial charge is 0.505 e. The molecular weight excluding hydrogens is 294 g/mol. The van der Waals surface area contributed by atoms with Crippen molar-refractivity contribution in [3.05, 3.63) is 17.2 Å². The number of hydrogen-bond donors (Lipinski definition) is 3. The number of phenols is 1. The van der Waals surface area contributed by atoms with Crippen LogP contribution in [0.4, 0.5) is 5.69 Å². The van der Waals surface area contributed by atoms with Gasteiger partial charge in [-0.25, -0.2) is 0 Å². The summed E-state index contributed by atoms with van der Waals surface area (Å²) in [6.07, 6.45) is 0.748. The molecule has 0 aliphatic carbocycles. The lowest BCUT2D eigenvalue weighted by atomic mass is 9.46. The second-order valence-electron chi connectivity index (χ2n) is 7.37. The van der Waals surface area contributed by atoms with Crippen LogP contribution in [-0.2, 0) is 0 Å². The minimum atomic E-state index is -1.23. The SMILES string of the molecule is [B]C1([B])CC(c2cc(OC([B])(C)C)c(N)c(O)c2C)CC([B])([B])N1. The topological polar surface area (TPSA) is 67.5 Å². The molecule has 0 atom stereocenters. The van der Waals surface area contributed by atoms with E-state index in [4.69, 9.17) is 49.7 Å². The van der Waals surface area contributed by atoms with Gasteiger partial charge in [0, 0.05) is 0 Å². The van der Waals surface area contributed by atoms with Gasteiger partial charge in [0.25, 0.3) is 0 Å². The van der Waals surface area contributed by atoms with Crippen LogP contribution >= 0.6 is 0 Å². The Balaban J connectivity index is 2.50. The predicted octanol–water partition coefficient (Wildman–Crippen LogP) is 0.0148. The third-order valence-corrected chi connectivity index (χ3v) is 4.04. The van der Waals surface area contributed by atoms with Gasteiger partial charge in [0.15, 0.2) is 0 Å². The third-order valence-electron chi connectivity index (χ3n) is 4.04. The summed E-state index contributed by atoms with van der Waals surface area (Å²) in [4.78, 5) is 0. The molecule has 4 nitrogen and oxygen atoms in total. The Bertz CT molecular complexity index is 628. The maximum Gasteiger partial charge on any atom is 0.145 e. The van der Waals surface area contributed by atoms with Crippen LogP contribution in [-0.4, -0.2) is 60.5 Å². The van der Waals surface area contributed by atoms with Crippen molar-refractivity contribution in [2.45, 2.75) is 55.7 Å². The molecule has 0 spiro atoms. The van der Waals surface area contributed by atoms with E-state index < -0.39 is 16.2 Å². The average Bonchev–Trinajstić information content (AvgIpc) is 2.34. The van der Waals surface area contributed by atoms with Crippen molar-refractivity contribution in [3.8, 4) is 11.5 Å². The average molecular weight is 313 g/mol. The fourth-order valence-electron chi connectivity index (χ4n) is 3.22. The summed E-state index contributed by atoms with van der Waals surface area (Å²) in [6, 6.07) is 1.74. The lowest BCUT2D eigenvalue weighted by Gasteiger charge is -2.49. The molecule has 1 aliphatic rings. The summed E-state index contributed by atoms with van der Waals surface area (Å²) >= 11 is 0. The second-order valence-corrected chi connectivity index (χ2v) is 7.37. The van der Waals surface area contributed by atoms with Crippen LogP contribution in [0, 0.1) is 6.92 Å². The fraction of sp³-hybridized carbons (Fsp3) is 0.600. The number of benzene rings is 1. The Labute approximate surface area is 150 Å². The third kappa shape index (κ3) is 4.30. The van der Waals surface area contributed by atoms with E-state index in [2.05, 4.69) is 5.32 Å². The van der Waals surface area contributed by atoms with E-state index in [9.17, 15) is 5.11 Å². The van der Waals surface area contributed by atoms with E-state index in [0.717, 1.165) is 5.56 Å². The molecule has 9 heteroatoms. The highest BCUT2D eigenvalue weighted by molar-refractivity contribution is 6.44.